The fraction of sp³-hybridized carbons (Fsp3) is 0.400. The summed E-state index contributed by atoms with van der Waals surface area (Å²) in [5.74, 6) is 0.606. The highest BCUT2D eigenvalue weighted by atomic mass is 16.5. The molecule has 54 valence electrons. The van der Waals surface area contributed by atoms with Gasteiger partial charge in [-0.15, -0.1) is 0 Å². The van der Waals surface area contributed by atoms with Crippen LogP contribution in [-0.2, 0) is 11.2 Å². The second-order valence-corrected chi connectivity index (χ2v) is 1.67. The zero-order chi connectivity index (χ0) is 7.23. The lowest BCUT2D eigenvalue weighted by Crippen LogP contribution is -2.14. The highest BCUT2D eigenvalue weighted by Crippen LogP contribution is 1.86. The lowest BCUT2D eigenvalue weighted by molar-refractivity contribution is -0.109. The summed E-state index contributed by atoms with van der Waals surface area (Å²) in [4.78, 5) is 13.5. The van der Waals surface area contributed by atoms with E-state index in [0.717, 1.165) is 0 Å². The van der Waals surface area contributed by atoms with Gasteiger partial charge in [-0.1, -0.05) is 5.16 Å². The third kappa shape index (κ3) is 1.85. The van der Waals surface area contributed by atoms with Gasteiger partial charge in [0.2, 0.25) is 12.8 Å². The monoisotopic (exact) mass is 141 g/mol. The minimum atomic E-state index is 0.545. The summed E-state index contributed by atoms with van der Waals surface area (Å²) in [6.45, 7) is 0.545. The van der Waals surface area contributed by atoms with Crippen molar-refractivity contribution < 1.29 is 9.32 Å². The van der Waals surface area contributed by atoms with Crippen molar-refractivity contribution in [2.75, 3.05) is 6.54 Å². The van der Waals surface area contributed by atoms with Gasteiger partial charge < -0.3 is 9.84 Å². The van der Waals surface area contributed by atoms with Gasteiger partial charge in [0.25, 0.3) is 0 Å². The molecule has 0 radical (unpaired) electrons. The average molecular weight is 141 g/mol. The summed E-state index contributed by atoms with van der Waals surface area (Å²) < 4.78 is 4.47. The molecule has 5 heteroatoms. The predicted octanol–water partition coefficient (Wildman–Crippen LogP) is -0.642. The molecule has 0 saturated heterocycles. The van der Waals surface area contributed by atoms with Gasteiger partial charge in [-0.2, -0.15) is 4.98 Å². The van der Waals surface area contributed by atoms with Crippen molar-refractivity contribution in [3.63, 3.8) is 0 Å². The molecular formula is C5H7N3O2. The van der Waals surface area contributed by atoms with Crippen LogP contribution >= 0.6 is 0 Å². The number of carbonyl (C=O) groups is 1. The van der Waals surface area contributed by atoms with E-state index in [4.69, 9.17) is 0 Å². The third-order valence-corrected chi connectivity index (χ3v) is 0.983. The van der Waals surface area contributed by atoms with Crippen molar-refractivity contribution in [1.82, 2.24) is 15.5 Å². The molecule has 1 heterocycles. The number of nitrogens with one attached hydrogen (secondary N) is 1. The van der Waals surface area contributed by atoms with Crippen LogP contribution in [0.4, 0.5) is 0 Å². The van der Waals surface area contributed by atoms with Gasteiger partial charge in [0.05, 0.1) is 0 Å². The van der Waals surface area contributed by atoms with Crippen molar-refractivity contribution in [3.8, 4) is 0 Å². The first-order valence-corrected chi connectivity index (χ1v) is 2.86. The summed E-state index contributed by atoms with van der Waals surface area (Å²) in [5.41, 5.74) is 0. The molecule has 0 saturated carbocycles. The number of rotatable bonds is 4. The maximum atomic E-state index is 9.76. The molecule has 0 fully saturated rings. The van der Waals surface area contributed by atoms with Crippen molar-refractivity contribution in [3.05, 3.63) is 12.2 Å². The molecule has 1 aromatic heterocycles. The van der Waals surface area contributed by atoms with E-state index in [1.54, 1.807) is 0 Å². The number of amides is 1. The fourth-order valence-electron chi connectivity index (χ4n) is 0.545. The van der Waals surface area contributed by atoms with Crippen molar-refractivity contribution in [2.45, 2.75) is 6.42 Å². The maximum Gasteiger partial charge on any atom is 0.213 e. The van der Waals surface area contributed by atoms with Crippen LogP contribution in [0.2, 0.25) is 0 Å². The second kappa shape index (κ2) is 3.60. The number of carbonyl (C=O) groups excluding carboxylic acids is 1. The predicted molar refractivity (Wildman–Crippen MR) is 32.1 cm³/mol. The summed E-state index contributed by atoms with van der Waals surface area (Å²) in [6.07, 6.45) is 2.51. The first kappa shape index (κ1) is 6.73. The Kier molecular flexibility index (Phi) is 2.42. The second-order valence-electron chi connectivity index (χ2n) is 1.67. The van der Waals surface area contributed by atoms with Gasteiger partial charge >= 0.3 is 0 Å². The first-order chi connectivity index (χ1) is 4.93. The summed E-state index contributed by atoms with van der Waals surface area (Å²) in [7, 11) is 0. The Hall–Kier alpha value is -1.39. The van der Waals surface area contributed by atoms with E-state index in [0.29, 0.717) is 25.2 Å². The minimum absolute atomic E-state index is 0.545. The first-order valence-electron chi connectivity index (χ1n) is 2.86. The highest BCUT2D eigenvalue weighted by Gasteiger charge is 1.94. The van der Waals surface area contributed by atoms with Crippen LogP contribution in [-0.4, -0.2) is 23.1 Å². The largest absolute Gasteiger partial charge is 0.358 e. The quantitative estimate of drug-likeness (QED) is 0.447. The van der Waals surface area contributed by atoms with Crippen LogP contribution in [0.25, 0.3) is 0 Å². The molecule has 10 heavy (non-hydrogen) atoms. The zero-order valence-electron chi connectivity index (χ0n) is 5.28. The molecule has 5 nitrogen and oxygen atoms in total. The van der Waals surface area contributed by atoms with Crippen LogP contribution in [0.5, 0.6) is 0 Å². The van der Waals surface area contributed by atoms with E-state index in [-0.39, 0.29) is 0 Å². The van der Waals surface area contributed by atoms with Gasteiger partial charge in [-0.05, 0) is 0 Å². The topological polar surface area (TPSA) is 68.0 Å². The van der Waals surface area contributed by atoms with E-state index in [9.17, 15) is 4.79 Å². The Bertz CT molecular complexity index is 185. The van der Waals surface area contributed by atoms with Gasteiger partial charge in [0, 0.05) is 13.0 Å². The van der Waals surface area contributed by atoms with Crippen molar-refractivity contribution in [2.24, 2.45) is 0 Å². The molecule has 0 bridgehead atoms. The van der Waals surface area contributed by atoms with Crippen molar-refractivity contribution in [1.29, 1.82) is 0 Å². The van der Waals surface area contributed by atoms with E-state index in [2.05, 4.69) is 20.0 Å². The standard InChI is InChI=1S/C5H7N3O2/c9-3-6-2-1-5-7-4-10-8-5/h3-4H,1-2H2,(H,6,9). The Morgan fingerprint density at radius 2 is 2.70 bits per heavy atom. The maximum absolute atomic E-state index is 9.76. The SMILES string of the molecule is O=CNCCc1ncon1. The van der Waals surface area contributed by atoms with Crippen LogP contribution in [0.15, 0.2) is 10.9 Å². The van der Waals surface area contributed by atoms with Gasteiger partial charge in [-0.3, -0.25) is 4.79 Å². The summed E-state index contributed by atoms with van der Waals surface area (Å²) in [6, 6.07) is 0. The molecule has 0 aliphatic heterocycles. The van der Waals surface area contributed by atoms with Crippen LogP contribution in [0, 0.1) is 0 Å². The smallest absolute Gasteiger partial charge is 0.213 e. The molecule has 0 aliphatic carbocycles. The Morgan fingerprint density at radius 3 is 3.30 bits per heavy atom. The molecule has 0 aromatic carbocycles. The lowest BCUT2D eigenvalue weighted by atomic mass is 10.4. The minimum Gasteiger partial charge on any atom is -0.358 e. The van der Waals surface area contributed by atoms with Crippen molar-refractivity contribution >= 4 is 6.41 Å². The lowest BCUT2D eigenvalue weighted by Gasteiger charge is -1.90. The summed E-state index contributed by atoms with van der Waals surface area (Å²) in [5, 5.41) is 6.03. The van der Waals surface area contributed by atoms with E-state index in [1.165, 1.54) is 6.39 Å². The Balaban J connectivity index is 2.21. The molecule has 0 atom stereocenters. The molecular weight excluding hydrogens is 134 g/mol. The summed E-state index contributed by atoms with van der Waals surface area (Å²) >= 11 is 0. The van der Waals surface area contributed by atoms with E-state index >= 15 is 0 Å². The molecule has 1 N–H and O–H groups in total. The van der Waals surface area contributed by atoms with Crippen LogP contribution in [0.1, 0.15) is 5.82 Å². The molecule has 1 amide bonds. The number of hydrogen-bond acceptors (Lipinski definition) is 4. The van der Waals surface area contributed by atoms with Gasteiger partial charge in [-0.25, -0.2) is 0 Å². The van der Waals surface area contributed by atoms with Crippen LogP contribution < -0.4 is 5.32 Å². The number of nitrogens with zero attached hydrogens (tertiary/aromatic N) is 2. The third-order valence-electron chi connectivity index (χ3n) is 0.983. The molecule has 1 aromatic rings. The Morgan fingerprint density at radius 1 is 1.80 bits per heavy atom. The zero-order valence-corrected chi connectivity index (χ0v) is 5.28. The van der Waals surface area contributed by atoms with Gasteiger partial charge in [0.15, 0.2) is 5.82 Å². The Labute approximate surface area is 57.4 Å². The molecule has 0 unspecified atom stereocenters. The fourth-order valence-corrected chi connectivity index (χ4v) is 0.545. The molecule has 1 rings (SSSR count). The average Bonchev–Trinajstić information content (AvgIpc) is 2.41. The van der Waals surface area contributed by atoms with E-state index < -0.39 is 0 Å². The van der Waals surface area contributed by atoms with Gasteiger partial charge in [0.1, 0.15) is 0 Å². The number of aromatic nitrogens is 2. The van der Waals surface area contributed by atoms with E-state index in [1.807, 2.05) is 0 Å². The number of hydrogen-bond donors (Lipinski definition) is 1. The molecule has 0 spiro atoms. The highest BCUT2D eigenvalue weighted by molar-refractivity contribution is 5.45. The van der Waals surface area contributed by atoms with Crippen LogP contribution in [0.3, 0.4) is 0 Å². The normalized spacial score (nSPS) is 9.20. The molecule has 0 aliphatic rings.